The van der Waals surface area contributed by atoms with Crippen LogP contribution in [0.4, 0.5) is 37.8 Å². The number of nitrogens with zero attached hydrogens (tertiary/aromatic N) is 3. The summed E-state index contributed by atoms with van der Waals surface area (Å²) in [5.41, 5.74) is 1.41. The molecule has 4 rings (SSSR count). The predicted octanol–water partition coefficient (Wildman–Crippen LogP) is 5.05. The molecule has 2 aromatic heterocycles. The van der Waals surface area contributed by atoms with Crippen molar-refractivity contribution in [3.8, 4) is 11.3 Å². The van der Waals surface area contributed by atoms with Crippen LogP contribution >= 0.6 is 11.6 Å². The Morgan fingerprint density at radius 1 is 1.22 bits per heavy atom. The van der Waals surface area contributed by atoms with E-state index in [1.54, 1.807) is 0 Å². The molecule has 188 valence electrons. The van der Waals surface area contributed by atoms with E-state index in [1.165, 1.54) is 0 Å². The van der Waals surface area contributed by atoms with Gasteiger partial charge < -0.3 is 16.2 Å². The first-order valence-corrected chi connectivity index (χ1v) is 10.1. The number of rotatable bonds is 4. The van der Waals surface area contributed by atoms with E-state index < -0.39 is 76.4 Å². The monoisotopic (exact) mass is 532 g/mol. The van der Waals surface area contributed by atoms with Crippen molar-refractivity contribution in [2.45, 2.75) is 19.1 Å². The minimum absolute atomic E-state index is 0.147. The maximum Gasteiger partial charge on any atom is 0.416 e. The highest BCUT2D eigenvalue weighted by atomic mass is 35.5. The third-order valence-electron chi connectivity index (χ3n) is 5.05. The van der Waals surface area contributed by atoms with Crippen LogP contribution in [0.3, 0.4) is 0 Å². The fourth-order valence-electron chi connectivity index (χ4n) is 3.41. The number of amides is 1. The Labute approximate surface area is 207 Å². The molecule has 0 aliphatic rings. The fourth-order valence-corrected chi connectivity index (χ4v) is 3.62. The van der Waals surface area contributed by atoms with Crippen LogP contribution in [0.5, 0.6) is 0 Å². The Morgan fingerprint density at radius 2 is 1.94 bits per heavy atom. The SMILES string of the molecule is [2H]C([2H])([2H])c1nc(-c2ccc(NC(=O)C(O)c3cc(F)cc(C(F)(F)F)c3)c(F)c2F)c2c(N)ncc(Cl)n12. The number of aryl methyl sites for hydroxylation is 1. The molecule has 1 amide bonds. The maximum absolute atomic E-state index is 15.2. The van der Waals surface area contributed by atoms with E-state index in [2.05, 4.69) is 9.97 Å². The average molecular weight is 533 g/mol. The van der Waals surface area contributed by atoms with Gasteiger partial charge in [0, 0.05) is 9.68 Å². The summed E-state index contributed by atoms with van der Waals surface area (Å²) < 4.78 is 107. The zero-order chi connectivity index (χ0) is 29.0. The number of aliphatic hydroxyl groups excluding tert-OH is 1. The number of nitrogens with one attached hydrogen (secondary N) is 1. The highest BCUT2D eigenvalue weighted by Crippen LogP contribution is 2.35. The van der Waals surface area contributed by atoms with E-state index in [1.807, 2.05) is 5.32 Å². The summed E-state index contributed by atoms with van der Waals surface area (Å²) in [7, 11) is 0. The second kappa shape index (κ2) is 8.99. The first-order chi connectivity index (χ1) is 18.0. The van der Waals surface area contributed by atoms with Gasteiger partial charge in [0.05, 0.1) is 17.4 Å². The van der Waals surface area contributed by atoms with Gasteiger partial charge in [-0.15, -0.1) is 0 Å². The fraction of sp³-hybridized carbons (Fsp3) is 0.136. The lowest BCUT2D eigenvalue weighted by molar-refractivity contribution is -0.138. The average Bonchev–Trinajstić information content (AvgIpc) is 3.25. The highest BCUT2D eigenvalue weighted by molar-refractivity contribution is 6.29. The van der Waals surface area contributed by atoms with Gasteiger partial charge in [-0.1, -0.05) is 11.6 Å². The molecule has 0 spiro atoms. The number of nitrogens with two attached hydrogens (primary N) is 1. The van der Waals surface area contributed by atoms with Crippen LogP contribution < -0.4 is 11.1 Å². The van der Waals surface area contributed by atoms with E-state index in [-0.39, 0.29) is 22.6 Å². The van der Waals surface area contributed by atoms with Crippen molar-refractivity contribution >= 4 is 34.5 Å². The quantitative estimate of drug-likeness (QED) is 0.319. The van der Waals surface area contributed by atoms with Gasteiger partial charge in [-0.05, 0) is 42.7 Å². The number of nitrogen functional groups attached to an aromatic ring is 1. The van der Waals surface area contributed by atoms with Crippen LogP contribution in [0.25, 0.3) is 16.8 Å². The summed E-state index contributed by atoms with van der Waals surface area (Å²) >= 11 is 6.05. The first-order valence-electron chi connectivity index (χ1n) is 11.2. The van der Waals surface area contributed by atoms with E-state index in [9.17, 15) is 31.9 Å². The molecular formula is C22H14ClF6N5O2. The molecule has 36 heavy (non-hydrogen) atoms. The minimum atomic E-state index is -4.99. The smallest absolute Gasteiger partial charge is 0.382 e. The Kier molecular flexibility index (Phi) is 5.35. The molecular weight excluding hydrogens is 516 g/mol. The van der Waals surface area contributed by atoms with Crippen LogP contribution in [0.2, 0.25) is 5.15 Å². The lowest BCUT2D eigenvalue weighted by Crippen LogP contribution is -2.22. The number of hydrogen-bond acceptors (Lipinski definition) is 5. The van der Waals surface area contributed by atoms with Crippen molar-refractivity contribution in [1.29, 1.82) is 0 Å². The predicted molar refractivity (Wildman–Crippen MR) is 117 cm³/mol. The molecule has 4 aromatic rings. The van der Waals surface area contributed by atoms with E-state index in [0.717, 1.165) is 22.7 Å². The summed E-state index contributed by atoms with van der Waals surface area (Å²) in [6, 6.07) is 2.66. The summed E-state index contributed by atoms with van der Waals surface area (Å²) in [6.45, 7) is -2.86. The number of hydrogen-bond donors (Lipinski definition) is 3. The number of carbonyl (C=O) groups is 1. The van der Waals surface area contributed by atoms with Gasteiger partial charge in [-0.25, -0.2) is 23.1 Å². The molecule has 0 saturated carbocycles. The molecule has 0 bridgehead atoms. The number of benzene rings is 2. The molecule has 2 heterocycles. The van der Waals surface area contributed by atoms with Gasteiger partial charge in [0.1, 0.15) is 33.8 Å². The van der Waals surface area contributed by atoms with Crippen molar-refractivity contribution in [3.05, 3.63) is 76.1 Å². The zero-order valence-electron chi connectivity index (χ0n) is 20.5. The van der Waals surface area contributed by atoms with E-state index >= 15 is 4.39 Å². The third kappa shape index (κ3) is 4.42. The Morgan fingerprint density at radius 3 is 2.61 bits per heavy atom. The summed E-state index contributed by atoms with van der Waals surface area (Å²) in [5.74, 6) is -7.17. The number of aliphatic hydroxyl groups is 1. The van der Waals surface area contributed by atoms with Crippen LogP contribution in [-0.2, 0) is 11.0 Å². The second-order valence-electron chi connectivity index (χ2n) is 7.39. The molecule has 14 heteroatoms. The van der Waals surface area contributed by atoms with Crippen LogP contribution in [-0.4, -0.2) is 25.4 Å². The van der Waals surface area contributed by atoms with Crippen molar-refractivity contribution in [3.63, 3.8) is 0 Å². The van der Waals surface area contributed by atoms with Gasteiger partial charge >= 0.3 is 6.18 Å². The number of halogens is 7. The van der Waals surface area contributed by atoms with Gasteiger partial charge in [-0.2, -0.15) is 13.2 Å². The lowest BCUT2D eigenvalue weighted by Gasteiger charge is -2.15. The van der Waals surface area contributed by atoms with Gasteiger partial charge in [0.2, 0.25) is 0 Å². The molecule has 0 aliphatic carbocycles. The standard InChI is InChI=1S/C22H14ClF6N5O2/c1-8-32-17(18-20(30)31-7-14(23)34(8)18)12-2-3-13(16(26)15(12)25)33-21(36)19(35)9-4-10(22(27,28)29)6-11(24)5-9/h2-7,19,35H,1H3,(H2,30,31)(H,33,36)/i1D3. The molecule has 1 unspecified atom stereocenters. The van der Waals surface area contributed by atoms with E-state index in [0.29, 0.717) is 12.1 Å². The number of alkyl halides is 3. The molecule has 7 nitrogen and oxygen atoms in total. The largest absolute Gasteiger partial charge is 0.416 e. The molecule has 0 radical (unpaired) electrons. The normalized spacial score (nSPS) is 14.3. The number of carbonyl (C=O) groups excluding carboxylic acids is 1. The summed E-state index contributed by atoms with van der Waals surface area (Å²) in [6.07, 6.45) is -6.35. The first kappa shape index (κ1) is 21.4. The molecule has 0 fully saturated rings. The Balaban J connectivity index is 1.73. The number of imidazole rings is 1. The minimum Gasteiger partial charge on any atom is -0.382 e. The zero-order valence-corrected chi connectivity index (χ0v) is 18.2. The van der Waals surface area contributed by atoms with Crippen molar-refractivity contribution in [1.82, 2.24) is 14.4 Å². The Hall–Kier alpha value is -3.84. The molecule has 0 saturated heterocycles. The third-order valence-corrected chi connectivity index (χ3v) is 5.32. The number of aromatic nitrogens is 3. The lowest BCUT2D eigenvalue weighted by atomic mass is 10.0. The maximum atomic E-state index is 15.2. The number of fused-ring (bicyclic) bond motifs is 1. The summed E-state index contributed by atoms with van der Waals surface area (Å²) in [4.78, 5) is 20.1. The van der Waals surface area contributed by atoms with Crippen molar-refractivity contribution in [2.75, 3.05) is 11.1 Å². The topological polar surface area (TPSA) is 106 Å². The number of anilines is 2. The van der Waals surface area contributed by atoms with E-state index in [4.69, 9.17) is 21.4 Å². The molecule has 2 aromatic carbocycles. The van der Waals surface area contributed by atoms with Crippen LogP contribution in [0.15, 0.2) is 36.5 Å². The van der Waals surface area contributed by atoms with Gasteiger partial charge in [-0.3, -0.25) is 9.20 Å². The van der Waals surface area contributed by atoms with Gasteiger partial charge in [0.25, 0.3) is 5.91 Å². The molecule has 1 atom stereocenters. The summed E-state index contributed by atoms with van der Waals surface area (Å²) in [5, 5.41) is 11.7. The Bertz CT molecular complexity index is 1630. The second-order valence-corrected chi connectivity index (χ2v) is 7.77. The van der Waals surface area contributed by atoms with Crippen LogP contribution in [0, 0.1) is 24.3 Å². The van der Waals surface area contributed by atoms with Crippen molar-refractivity contribution < 1.29 is 40.4 Å². The van der Waals surface area contributed by atoms with Crippen molar-refractivity contribution in [2.24, 2.45) is 0 Å². The van der Waals surface area contributed by atoms with Gasteiger partial charge in [0.15, 0.2) is 17.7 Å². The molecule has 0 aliphatic heterocycles. The van der Waals surface area contributed by atoms with Crippen LogP contribution in [0.1, 0.15) is 27.2 Å². The highest BCUT2D eigenvalue weighted by Gasteiger charge is 2.33. The molecule has 4 N–H and O–H groups in total.